The Kier molecular flexibility index (Phi) is 5.54. The Labute approximate surface area is 124 Å². The molecule has 2 amide bonds. The van der Waals surface area contributed by atoms with Gasteiger partial charge in [0.15, 0.2) is 0 Å². The molecule has 1 fully saturated rings. The summed E-state index contributed by atoms with van der Waals surface area (Å²) in [5, 5.41) is 8.88. The predicted molar refractivity (Wildman–Crippen MR) is 81.1 cm³/mol. The molecule has 1 aromatic rings. The number of carbonyl (C=O) groups is 2. The third-order valence-corrected chi connectivity index (χ3v) is 3.24. The Morgan fingerprint density at radius 3 is 2.90 bits per heavy atom. The molecular weight excluding hydrogens is 268 g/mol. The lowest BCUT2D eigenvalue weighted by atomic mass is 10.2. The Balaban J connectivity index is 1.72. The van der Waals surface area contributed by atoms with Crippen LogP contribution in [0, 0.1) is 0 Å². The maximum atomic E-state index is 12.1. The number of rotatable bonds is 8. The lowest BCUT2D eigenvalue weighted by Crippen LogP contribution is -2.29. The zero-order chi connectivity index (χ0) is 15.1. The quantitative estimate of drug-likeness (QED) is 0.630. The van der Waals surface area contributed by atoms with Crippen molar-refractivity contribution < 1.29 is 9.59 Å². The second-order valence-corrected chi connectivity index (χ2v) is 5.15. The van der Waals surface area contributed by atoms with Gasteiger partial charge in [0.25, 0.3) is 5.91 Å². The van der Waals surface area contributed by atoms with Crippen LogP contribution in [0.3, 0.4) is 0 Å². The first kappa shape index (κ1) is 15.3. The van der Waals surface area contributed by atoms with Crippen molar-refractivity contribution in [1.82, 2.24) is 15.6 Å². The van der Waals surface area contributed by atoms with Crippen molar-refractivity contribution in [2.75, 3.05) is 18.4 Å². The molecule has 1 aromatic heterocycles. The minimum Gasteiger partial charge on any atom is -0.385 e. The molecule has 0 saturated heterocycles. The average Bonchev–Trinajstić information content (AvgIpc) is 3.28. The highest BCUT2D eigenvalue weighted by Crippen LogP contribution is 2.18. The first-order chi connectivity index (χ1) is 10.2. The van der Waals surface area contributed by atoms with E-state index in [9.17, 15) is 9.59 Å². The monoisotopic (exact) mass is 290 g/mol. The van der Waals surface area contributed by atoms with E-state index in [1.54, 1.807) is 18.5 Å². The number of pyridine rings is 1. The summed E-state index contributed by atoms with van der Waals surface area (Å²) in [5.74, 6) is -0.0943. The largest absolute Gasteiger partial charge is 0.385 e. The molecule has 0 aliphatic heterocycles. The highest BCUT2D eigenvalue weighted by Gasteiger charge is 2.22. The number of anilines is 1. The van der Waals surface area contributed by atoms with Gasteiger partial charge in [-0.2, -0.15) is 0 Å². The van der Waals surface area contributed by atoms with Crippen molar-refractivity contribution in [3.8, 4) is 0 Å². The Morgan fingerprint density at radius 1 is 1.38 bits per heavy atom. The molecule has 114 valence electrons. The molecule has 3 N–H and O–H groups in total. The number of hydrogen-bond donors (Lipinski definition) is 3. The summed E-state index contributed by atoms with van der Waals surface area (Å²) in [4.78, 5) is 27.6. The SMILES string of the molecule is CCNc1ccncc1C(=O)NCCCC(=O)NC1CC1. The highest BCUT2D eigenvalue weighted by molar-refractivity contribution is 5.99. The predicted octanol–water partition coefficient (Wildman–Crippen LogP) is 1.30. The maximum Gasteiger partial charge on any atom is 0.254 e. The van der Waals surface area contributed by atoms with E-state index in [4.69, 9.17) is 0 Å². The van der Waals surface area contributed by atoms with Gasteiger partial charge in [-0.05, 0) is 32.3 Å². The number of nitrogens with one attached hydrogen (secondary N) is 3. The first-order valence-corrected chi connectivity index (χ1v) is 7.46. The van der Waals surface area contributed by atoms with Crippen LogP contribution in [0.25, 0.3) is 0 Å². The summed E-state index contributed by atoms with van der Waals surface area (Å²) >= 11 is 0. The van der Waals surface area contributed by atoms with Crippen molar-refractivity contribution in [3.05, 3.63) is 24.0 Å². The van der Waals surface area contributed by atoms with Gasteiger partial charge in [0.1, 0.15) is 0 Å². The second kappa shape index (κ2) is 7.61. The van der Waals surface area contributed by atoms with Crippen LogP contribution >= 0.6 is 0 Å². The molecule has 1 aliphatic carbocycles. The van der Waals surface area contributed by atoms with Crippen LogP contribution in [-0.4, -0.2) is 35.9 Å². The van der Waals surface area contributed by atoms with Crippen molar-refractivity contribution >= 4 is 17.5 Å². The molecule has 1 heterocycles. The third-order valence-electron chi connectivity index (χ3n) is 3.24. The Hall–Kier alpha value is -2.11. The Morgan fingerprint density at radius 2 is 2.19 bits per heavy atom. The number of aromatic nitrogens is 1. The molecule has 0 bridgehead atoms. The van der Waals surface area contributed by atoms with Crippen LogP contribution in [0.5, 0.6) is 0 Å². The third kappa shape index (κ3) is 5.06. The van der Waals surface area contributed by atoms with Crippen LogP contribution in [0.15, 0.2) is 18.5 Å². The minimum absolute atomic E-state index is 0.0708. The lowest BCUT2D eigenvalue weighted by Gasteiger charge is -2.10. The van der Waals surface area contributed by atoms with Crippen molar-refractivity contribution in [2.24, 2.45) is 0 Å². The van der Waals surface area contributed by atoms with E-state index < -0.39 is 0 Å². The normalized spacial score (nSPS) is 13.6. The second-order valence-electron chi connectivity index (χ2n) is 5.15. The molecule has 1 saturated carbocycles. The van der Waals surface area contributed by atoms with Crippen molar-refractivity contribution in [3.63, 3.8) is 0 Å². The van der Waals surface area contributed by atoms with E-state index in [-0.39, 0.29) is 11.8 Å². The van der Waals surface area contributed by atoms with E-state index in [0.717, 1.165) is 25.1 Å². The molecular formula is C15H22N4O2. The smallest absolute Gasteiger partial charge is 0.254 e. The standard InChI is InChI=1S/C15H22N4O2/c1-2-17-13-7-9-16-10-12(13)15(21)18-8-3-4-14(20)19-11-5-6-11/h7,9-11H,2-6,8H2,1H3,(H,16,17)(H,18,21)(H,19,20). The summed E-state index contributed by atoms with van der Waals surface area (Å²) in [6, 6.07) is 2.17. The van der Waals surface area contributed by atoms with Gasteiger partial charge in [0.05, 0.1) is 11.3 Å². The van der Waals surface area contributed by atoms with Crippen LogP contribution < -0.4 is 16.0 Å². The van der Waals surface area contributed by atoms with Gasteiger partial charge >= 0.3 is 0 Å². The number of hydrogen-bond acceptors (Lipinski definition) is 4. The zero-order valence-electron chi connectivity index (χ0n) is 12.3. The summed E-state index contributed by atoms with van der Waals surface area (Å²) in [6.45, 7) is 3.20. The van der Waals surface area contributed by atoms with Gasteiger partial charge in [-0.1, -0.05) is 0 Å². The van der Waals surface area contributed by atoms with Crippen LogP contribution in [0.2, 0.25) is 0 Å². The molecule has 6 heteroatoms. The van der Waals surface area contributed by atoms with E-state index in [1.807, 2.05) is 6.92 Å². The Bertz CT molecular complexity index is 500. The van der Waals surface area contributed by atoms with E-state index in [2.05, 4.69) is 20.9 Å². The summed E-state index contributed by atoms with van der Waals surface area (Å²) < 4.78 is 0. The van der Waals surface area contributed by atoms with Crippen molar-refractivity contribution in [2.45, 2.75) is 38.6 Å². The van der Waals surface area contributed by atoms with Crippen molar-refractivity contribution in [1.29, 1.82) is 0 Å². The van der Waals surface area contributed by atoms with E-state index in [0.29, 0.717) is 31.0 Å². The van der Waals surface area contributed by atoms with Gasteiger partial charge in [0.2, 0.25) is 5.91 Å². The molecule has 1 aliphatic rings. The molecule has 0 aromatic carbocycles. The number of amides is 2. The highest BCUT2D eigenvalue weighted by atomic mass is 16.2. The van der Waals surface area contributed by atoms with Gasteiger partial charge in [-0.3, -0.25) is 14.6 Å². The van der Waals surface area contributed by atoms with Gasteiger partial charge in [-0.25, -0.2) is 0 Å². The minimum atomic E-state index is -0.165. The van der Waals surface area contributed by atoms with Crippen LogP contribution in [0.1, 0.15) is 43.0 Å². The van der Waals surface area contributed by atoms with Gasteiger partial charge in [-0.15, -0.1) is 0 Å². The summed E-state index contributed by atoms with van der Waals surface area (Å²) in [5.41, 5.74) is 1.30. The number of carbonyl (C=O) groups excluding carboxylic acids is 2. The average molecular weight is 290 g/mol. The fourth-order valence-electron chi connectivity index (χ4n) is 1.99. The van der Waals surface area contributed by atoms with Gasteiger partial charge < -0.3 is 16.0 Å². The lowest BCUT2D eigenvalue weighted by molar-refractivity contribution is -0.121. The maximum absolute atomic E-state index is 12.1. The van der Waals surface area contributed by atoms with E-state index >= 15 is 0 Å². The topological polar surface area (TPSA) is 83.1 Å². The molecule has 0 spiro atoms. The molecule has 0 radical (unpaired) electrons. The molecule has 0 atom stereocenters. The molecule has 21 heavy (non-hydrogen) atoms. The van der Waals surface area contributed by atoms with Crippen LogP contribution in [0.4, 0.5) is 5.69 Å². The number of nitrogens with zero attached hydrogens (tertiary/aromatic N) is 1. The summed E-state index contributed by atoms with van der Waals surface area (Å²) in [6.07, 6.45) is 6.47. The van der Waals surface area contributed by atoms with E-state index in [1.165, 1.54) is 0 Å². The first-order valence-electron chi connectivity index (χ1n) is 7.46. The van der Waals surface area contributed by atoms with Crippen LogP contribution in [-0.2, 0) is 4.79 Å². The molecule has 0 unspecified atom stereocenters. The van der Waals surface area contributed by atoms with Gasteiger partial charge in [0, 0.05) is 37.9 Å². The zero-order valence-corrected chi connectivity index (χ0v) is 12.3. The fourth-order valence-corrected chi connectivity index (χ4v) is 1.99. The summed E-state index contributed by atoms with van der Waals surface area (Å²) in [7, 11) is 0. The fraction of sp³-hybridized carbons (Fsp3) is 0.533. The molecule has 2 rings (SSSR count). The molecule has 6 nitrogen and oxygen atoms in total.